The summed E-state index contributed by atoms with van der Waals surface area (Å²) < 4.78 is 6.63. The summed E-state index contributed by atoms with van der Waals surface area (Å²) in [6.45, 7) is 7.27. The van der Waals surface area contributed by atoms with Gasteiger partial charge >= 0.3 is 5.97 Å². The quantitative estimate of drug-likeness (QED) is 0.773. The molecule has 2 aromatic rings. The van der Waals surface area contributed by atoms with E-state index in [1.54, 1.807) is 6.92 Å². The van der Waals surface area contributed by atoms with Gasteiger partial charge in [-0.15, -0.1) is 0 Å². The van der Waals surface area contributed by atoms with E-state index < -0.39 is 0 Å². The summed E-state index contributed by atoms with van der Waals surface area (Å²) in [4.78, 5) is 32.0. The first kappa shape index (κ1) is 15.2. The molecule has 0 aromatic carbocycles. The molecule has 1 N–H and O–H groups in total. The van der Waals surface area contributed by atoms with E-state index in [1.165, 1.54) is 17.2 Å². The molecule has 8 heteroatoms. The lowest BCUT2D eigenvalue weighted by molar-refractivity contribution is -0.153. The van der Waals surface area contributed by atoms with Crippen molar-refractivity contribution in [3.63, 3.8) is 0 Å². The van der Waals surface area contributed by atoms with Crippen LogP contribution in [0, 0.1) is 0 Å². The molecule has 0 aliphatic heterocycles. The van der Waals surface area contributed by atoms with Crippen LogP contribution in [0.4, 0.5) is 0 Å². The number of esters is 1. The molecule has 0 bridgehead atoms. The van der Waals surface area contributed by atoms with E-state index in [4.69, 9.17) is 4.74 Å². The van der Waals surface area contributed by atoms with Crippen LogP contribution in [-0.4, -0.2) is 49.7 Å². The fourth-order valence-corrected chi connectivity index (χ4v) is 2.17. The van der Waals surface area contributed by atoms with Crippen LogP contribution in [0.1, 0.15) is 20.8 Å². The van der Waals surface area contributed by atoms with Gasteiger partial charge in [0.25, 0.3) is 5.56 Å². The standard InChI is InChI=1S/C13H19N5O3/c1-4-17(5-2)9(3)13(20)21-8-18-11-10(6-16-18)12(19)15-7-14-11/h6-7,9H,4-5,8H2,1-3H3,(H,14,15,19). The van der Waals surface area contributed by atoms with Crippen molar-refractivity contribution in [2.75, 3.05) is 13.1 Å². The summed E-state index contributed by atoms with van der Waals surface area (Å²) in [7, 11) is 0. The Labute approximate surface area is 121 Å². The van der Waals surface area contributed by atoms with Crippen molar-refractivity contribution in [2.24, 2.45) is 0 Å². The highest BCUT2D eigenvalue weighted by Crippen LogP contribution is 2.06. The van der Waals surface area contributed by atoms with E-state index in [1.807, 2.05) is 18.7 Å². The molecule has 0 aliphatic carbocycles. The topological polar surface area (TPSA) is 93.1 Å². The Bertz CT molecular complexity index is 674. The zero-order valence-corrected chi connectivity index (χ0v) is 12.4. The number of aromatic amines is 1. The molecule has 8 nitrogen and oxygen atoms in total. The average molecular weight is 293 g/mol. The van der Waals surface area contributed by atoms with Crippen molar-refractivity contribution in [3.8, 4) is 0 Å². The van der Waals surface area contributed by atoms with Crippen molar-refractivity contribution in [1.82, 2.24) is 24.6 Å². The molecule has 0 fully saturated rings. The number of hydrogen-bond acceptors (Lipinski definition) is 6. The van der Waals surface area contributed by atoms with Crippen molar-refractivity contribution in [3.05, 3.63) is 22.9 Å². The van der Waals surface area contributed by atoms with Crippen LogP contribution in [0.3, 0.4) is 0 Å². The molecule has 1 atom stereocenters. The number of carbonyl (C=O) groups excluding carboxylic acids is 1. The molecular formula is C13H19N5O3. The minimum absolute atomic E-state index is 0.0651. The van der Waals surface area contributed by atoms with Crippen LogP contribution >= 0.6 is 0 Å². The molecule has 2 aromatic heterocycles. The first-order valence-corrected chi connectivity index (χ1v) is 6.88. The molecule has 0 radical (unpaired) electrons. The van der Waals surface area contributed by atoms with Crippen molar-refractivity contribution >= 4 is 17.0 Å². The highest BCUT2D eigenvalue weighted by Gasteiger charge is 2.20. The molecule has 114 valence electrons. The van der Waals surface area contributed by atoms with Gasteiger partial charge in [0.15, 0.2) is 12.4 Å². The van der Waals surface area contributed by atoms with Crippen LogP contribution in [0.2, 0.25) is 0 Å². The molecule has 0 saturated carbocycles. The van der Waals surface area contributed by atoms with E-state index in [0.29, 0.717) is 11.0 Å². The summed E-state index contributed by atoms with van der Waals surface area (Å²) in [6.07, 6.45) is 2.70. The third-order valence-electron chi connectivity index (χ3n) is 3.47. The lowest BCUT2D eigenvalue weighted by Crippen LogP contribution is -2.40. The lowest BCUT2D eigenvalue weighted by Gasteiger charge is -2.24. The number of carbonyl (C=O) groups is 1. The summed E-state index contributed by atoms with van der Waals surface area (Å²) in [5.41, 5.74) is 0.121. The van der Waals surface area contributed by atoms with Crippen LogP contribution < -0.4 is 5.56 Å². The molecule has 2 rings (SSSR count). The molecule has 0 amide bonds. The van der Waals surface area contributed by atoms with Gasteiger partial charge in [-0.25, -0.2) is 9.67 Å². The van der Waals surface area contributed by atoms with Crippen molar-refractivity contribution in [2.45, 2.75) is 33.5 Å². The molecular weight excluding hydrogens is 274 g/mol. The Morgan fingerprint density at radius 3 is 2.86 bits per heavy atom. The van der Waals surface area contributed by atoms with Crippen LogP contribution in [0.5, 0.6) is 0 Å². The monoisotopic (exact) mass is 293 g/mol. The largest absolute Gasteiger partial charge is 0.441 e. The fourth-order valence-electron chi connectivity index (χ4n) is 2.17. The zero-order valence-electron chi connectivity index (χ0n) is 12.4. The Morgan fingerprint density at radius 1 is 1.48 bits per heavy atom. The second-order valence-corrected chi connectivity index (χ2v) is 4.60. The fraction of sp³-hybridized carbons (Fsp3) is 0.538. The Kier molecular flexibility index (Phi) is 4.69. The number of nitrogens with one attached hydrogen (secondary N) is 1. The zero-order chi connectivity index (χ0) is 15.4. The summed E-state index contributed by atoms with van der Waals surface area (Å²) in [5.74, 6) is -0.327. The Hall–Kier alpha value is -2.22. The highest BCUT2D eigenvalue weighted by atomic mass is 16.5. The summed E-state index contributed by atoms with van der Waals surface area (Å²) in [5, 5.41) is 4.38. The van der Waals surface area contributed by atoms with Gasteiger partial charge in [-0.3, -0.25) is 14.5 Å². The number of hydrogen-bond donors (Lipinski definition) is 1. The van der Waals surface area contributed by atoms with Gasteiger partial charge in [-0.2, -0.15) is 5.10 Å². The van der Waals surface area contributed by atoms with Crippen LogP contribution in [-0.2, 0) is 16.3 Å². The smallest absolute Gasteiger partial charge is 0.324 e. The third kappa shape index (κ3) is 3.10. The molecule has 0 spiro atoms. The van der Waals surface area contributed by atoms with Crippen molar-refractivity contribution in [1.29, 1.82) is 0 Å². The van der Waals surface area contributed by atoms with Gasteiger partial charge in [0, 0.05) is 0 Å². The van der Waals surface area contributed by atoms with Gasteiger partial charge < -0.3 is 9.72 Å². The maximum Gasteiger partial charge on any atom is 0.324 e. The summed E-state index contributed by atoms with van der Waals surface area (Å²) in [6, 6.07) is -0.321. The maximum absolute atomic E-state index is 12.0. The first-order chi connectivity index (χ1) is 10.1. The number of likely N-dealkylation sites (N-methyl/N-ethyl adjacent to an activating group) is 1. The van der Waals surface area contributed by atoms with E-state index in [-0.39, 0.29) is 24.3 Å². The van der Waals surface area contributed by atoms with Gasteiger partial charge in [0.2, 0.25) is 0 Å². The van der Waals surface area contributed by atoms with E-state index in [9.17, 15) is 9.59 Å². The van der Waals surface area contributed by atoms with Crippen molar-refractivity contribution < 1.29 is 9.53 Å². The molecule has 0 aliphatic rings. The van der Waals surface area contributed by atoms with Crippen LogP contribution in [0.25, 0.3) is 11.0 Å². The van der Waals surface area contributed by atoms with Gasteiger partial charge in [-0.1, -0.05) is 13.8 Å². The van der Waals surface area contributed by atoms with Gasteiger partial charge in [0.05, 0.1) is 12.5 Å². The number of nitrogens with zero attached hydrogens (tertiary/aromatic N) is 4. The third-order valence-corrected chi connectivity index (χ3v) is 3.47. The Morgan fingerprint density at radius 2 is 2.19 bits per heavy atom. The van der Waals surface area contributed by atoms with Crippen LogP contribution in [0.15, 0.2) is 17.3 Å². The second-order valence-electron chi connectivity index (χ2n) is 4.60. The number of rotatable bonds is 6. The predicted molar refractivity (Wildman–Crippen MR) is 76.6 cm³/mol. The summed E-state index contributed by atoms with van der Waals surface area (Å²) >= 11 is 0. The number of fused-ring (bicyclic) bond motifs is 1. The molecule has 2 heterocycles. The number of aromatic nitrogens is 4. The first-order valence-electron chi connectivity index (χ1n) is 6.88. The Balaban J connectivity index is 2.07. The SMILES string of the molecule is CCN(CC)C(C)C(=O)OCn1ncc2c(=O)[nH]cnc21. The van der Waals surface area contributed by atoms with Gasteiger partial charge in [0.1, 0.15) is 11.4 Å². The van der Waals surface area contributed by atoms with E-state index in [2.05, 4.69) is 15.1 Å². The normalized spacial score (nSPS) is 12.8. The number of ether oxygens (including phenoxy) is 1. The second kappa shape index (κ2) is 6.49. The average Bonchev–Trinajstić information content (AvgIpc) is 2.90. The maximum atomic E-state index is 12.0. The molecule has 1 unspecified atom stereocenters. The minimum atomic E-state index is -0.327. The number of H-pyrrole nitrogens is 1. The van der Waals surface area contributed by atoms with E-state index >= 15 is 0 Å². The highest BCUT2D eigenvalue weighted by molar-refractivity contribution is 5.75. The predicted octanol–water partition coefficient (Wildman–Crippen LogP) is 0.351. The molecule has 0 saturated heterocycles. The van der Waals surface area contributed by atoms with E-state index in [0.717, 1.165) is 13.1 Å². The lowest BCUT2D eigenvalue weighted by atomic mass is 10.3. The van der Waals surface area contributed by atoms with Gasteiger partial charge in [-0.05, 0) is 20.0 Å². The molecule has 21 heavy (non-hydrogen) atoms. The minimum Gasteiger partial charge on any atom is -0.441 e.